The third kappa shape index (κ3) is 5.45. The minimum Gasteiger partial charge on any atom is -0.457 e. The second-order valence-corrected chi connectivity index (χ2v) is 5.02. The van der Waals surface area contributed by atoms with Crippen LogP contribution >= 0.6 is 22.6 Å². The largest absolute Gasteiger partial charge is 0.457 e. The maximum atomic E-state index is 5.56. The predicted octanol–water partition coefficient (Wildman–Crippen LogP) is 5.37. The Balaban J connectivity index is 0.000000178. The fourth-order valence-corrected chi connectivity index (χ4v) is 1.82. The summed E-state index contributed by atoms with van der Waals surface area (Å²) in [6.45, 7) is 0. The number of hydrogen-bond acceptors (Lipinski definition) is 1. The third-order valence-electron chi connectivity index (χ3n) is 2.34. The first-order chi connectivity index (χ1) is 9.84. The molecular formula is C18H13IO. The summed E-state index contributed by atoms with van der Waals surface area (Å²) in [6.07, 6.45) is 0. The van der Waals surface area contributed by atoms with E-state index < -0.39 is 0 Å². The summed E-state index contributed by atoms with van der Waals surface area (Å²) in [7, 11) is 0. The van der Waals surface area contributed by atoms with Gasteiger partial charge in [0.05, 0.1) is 0 Å². The van der Waals surface area contributed by atoms with Gasteiger partial charge in [0, 0.05) is 3.57 Å². The van der Waals surface area contributed by atoms with Crippen molar-refractivity contribution in [3.05, 3.63) is 94.6 Å². The molecule has 0 saturated carbocycles. The lowest BCUT2D eigenvalue weighted by atomic mass is 10.3. The molecule has 98 valence electrons. The lowest BCUT2D eigenvalue weighted by Crippen LogP contribution is -1.81. The summed E-state index contributed by atoms with van der Waals surface area (Å²) in [5, 5.41) is 0. The molecule has 0 spiro atoms. The second-order valence-electron chi connectivity index (χ2n) is 3.86. The maximum Gasteiger partial charge on any atom is 0.127 e. The average molecular weight is 372 g/mol. The van der Waals surface area contributed by atoms with Crippen LogP contribution in [0.2, 0.25) is 0 Å². The molecule has 0 saturated heterocycles. The number of ether oxygens (including phenoxy) is 1. The molecular weight excluding hydrogens is 359 g/mol. The number of hydrogen-bond donors (Lipinski definition) is 0. The van der Waals surface area contributed by atoms with E-state index in [1.807, 2.05) is 78.9 Å². The Kier molecular flexibility index (Phi) is 6.11. The van der Waals surface area contributed by atoms with Gasteiger partial charge in [-0.15, -0.1) is 0 Å². The van der Waals surface area contributed by atoms with Gasteiger partial charge in [-0.25, -0.2) is 0 Å². The van der Waals surface area contributed by atoms with Crippen molar-refractivity contribution in [1.29, 1.82) is 0 Å². The van der Waals surface area contributed by atoms with E-state index >= 15 is 0 Å². The molecule has 20 heavy (non-hydrogen) atoms. The summed E-state index contributed by atoms with van der Waals surface area (Å²) in [5.74, 6) is 1.69. The standard InChI is InChI=1S/C12H9O.C6H4I/c1-3-7-11(8-4-1)13-12-9-5-2-6-10-12;7-6-4-2-1-3-5-6/h1,3-10H;1-4H. The van der Waals surface area contributed by atoms with Crippen LogP contribution in [0.15, 0.2) is 78.9 Å². The lowest BCUT2D eigenvalue weighted by Gasteiger charge is -2.03. The summed E-state index contributed by atoms with van der Waals surface area (Å²) in [5.41, 5.74) is 0. The van der Waals surface area contributed by atoms with Gasteiger partial charge in [0.25, 0.3) is 0 Å². The molecule has 3 aromatic rings. The lowest BCUT2D eigenvalue weighted by molar-refractivity contribution is 0.482. The zero-order valence-corrected chi connectivity index (χ0v) is 12.9. The first-order valence-corrected chi connectivity index (χ1v) is 7.24. The minimum absolute atomic E-state index is 0.838. The monoisotopic (exact) mass is 372 g/mol. The molecule has 0 aliphatic rings. The molecule has 0 unspecified atom stereocenters. The molecule has 2 radical (unpaired) electrons. The molecule has 3 aromatic carbocycles. The molecule has 3 rings (SSSR count). The van der Waals surface area contributed by atoms with E-state index in [0.29, 0.717) is 0 Å². The van der Waals surface area contributed by atoms with Crippen molar-refractivity contribution in [2.45, 2.75) is 0 Å². The number of halogens is 1. The van der Waals surface area contributed by atoms with Crippen LogP contribution in [0.1, 0.15) is 0 Å². The van der Waals surface area contributed by atoms with Gasteiger partial charge in [0.2, 0.25) is 0 Å². The fourth-order valence-electron chi connectivity index (χ4n) is 1.44. The van der Waals surface area contributed by atoms with E-state index in [9.17, 15) is 0 Å². The van der Waals surface area contributed by atoms with Crippen molar-refractivity contribution in [2.24, 2.45) is 0 Å². The minimum atomic E-state index is 0.838. The number of benzene rings is 3. The second kappa shape index (κ2) is 8.38. The summed E-state index contributed by atoms with van der Waals surface area (Å²) in [6, 6.07) is 31.0. The van der Waals surface area contributed by atoms with Gasteiger partial charge in [0.1, 0.15) is 11.5 Å². The Hall–Kier alpha value is -1.81. The van der Waals surface area contributed by atoms with Crippen LogP contribution in [0.5, 0.6) is 11.5 Å². The van der Waals surface area contributed by atoms with Crippen LogP contribution in [0.4, 0.5) is 0 Å². The highest BCUT2D eigenvalue weighted by Crippen LogP contribution is 2.19. The van der Waals surface area contributed by atoms with E-state index in [4.69, 9.17) is 4.74 Å². The van der Waals surface area contributed by atoms with Gasteiger partial charge in [-0.3, -0.25) is 0 Å². The molecule has 0 atom stereocenters. The molecule has 0 aliphatic carbocycles. The Morgan fingerprint density at radius 1 is 0.700 bits per heavy atom. The molecule has 0 aromatic heterocycles. The molecule has 0 amide bonds. The van der Waals surface area contributed by atoms with E-state index in [0.717, 1.165) is 11.5 Å². The summed E-state index contributed by atoms with van der Waals surface area (Å²) in [4.78, 5) is 0. The Labute approximate surface area is 133 Å². The highest BCUT2D eigenvalue weighted by Gasteiger charge is 1.92. The Bertz CT molecular complexity index is 557. The van der Waals surface area contributed by atoms with Crippen molar-refractivity contribution in [2.75, 3.05) is 0 Å². The normalized spacial score (nSPS) is 9.25. The summed E-state index contributed by atoms with van der Waals surface area (Å²) >= 11 is 2.22. The number of rotatable bonds is 2. The zero-order valence-electron chi connectivity index (χ0n) is 10.8. The first-order valence-electron chi connectivity index (χ1n) is 6.16. The highest BCUT2D eigenvalue weighted by atomic mass is 127. The molecule has 0 aliphatic heterocycles. The third-order valence-corrected chi connectivity index (χ3v) is 3.01. The van der Waals surface area contributed by atoms with E-state index in [-0.39, 0.29) is 0 Å². The van der Waals surface area contributed by atoms with Crippen LogP contribution in [0.3, 0.4) is 0 Å². The van der Waals surface area contributed by atoms with Crippen molar-refractivity contribution >= 4 is 22.6 Å². The molecule has 0 N–H and O–H groups in total. The van der Waals surface area contributed by atoms with Gasteiger partial charge in [-0.05, 0) is 65.1 Å². The van der Waals surface area contributed by atoms with Crippen molar-refractivity contribution < 1.29 is 4.74 Å². The van der Waals surface area contributed by atoms with Gasteiger partial charge >= 0.3 is 0 Å². The first kappa shape index (κ1) is 14.6. The van der Waals surface area contributed by atoms with Crippen LogP contribution in [0, 0.1) is 15.7 Å². The smallest absolute Gasteiger partial charge is 0.127 e. The van der Waals surface area contributed by atoms with Crippen LogP contribution in [-0.2, 0) is 0 Å². The van der Waals surface area contributed by atoms with Crippen molar-refractivity contribution in [3.63, 3.8) is 0 Å². The topological polar surface area (TPSA) is 9.23 Å². The predicted molar refractivity (Wildman–Crippen MR) is 89.8 cm³/mol. The Morgan fingerprint density at radius 2 is 1.35 bits per heavy atom. The molecule has 0 fully saturated rings. The maximum absolute atomic E-state index is 5.56. The van der Waals surface area contributed by atoms with Crippen LogP contribution < -0.4 is 4.74 Å². The van der Waals surface area contributed by atoms with Gasteiger partial charge in [-0.2, -0.15) is 0 Å². The van der Waals surface area contributed by atoms with Gasteiger partial charge in [0.15, 0.2) is 0 Å². The molecule has 2 heteroatoms. The van der Waals surface area contributed by atoms with E-state index in [2.05, 4.69) is 34.7 Å². The molecule has 0 bridgehead atoms. The molecule has 0 heterocycles. The molecule has 1 nitrogen and oxygen atoms in total. The summed E-state index contributed by atoms with van der Waals surface area (Å²) < 4.78 is 6.73. The van der Waals surface area contributed by atoms with Crippen molar-refractivity contribution in [1.82, 2.24) is 0 Å². The van der Waals surface area contributed by atoms with Crippen LogP contribution in [0.25, 0.3) is 0 Å². The number of para-hydroxylation sites is 1. The fraction of sp³-hybridized carbons (Fsp3) is 0. The quantitative estimate of drug-likeness (QED) is 0.550. The van der Waals surface area contributed by atoms with E-state index in [1.54, 1.807) is 0 Å². The van der Waals surface area contributed by atoms with E-state index in [1.165, 1.54) is 3.57 Å². The van der Waals surface area contributed by atoms with Gasteiger partial charge < -0.3 is 4.74 Å². The SMILES string of the molecule is Ic1[c]cccc1.[c]1ccc(Oc2ccccc2)cc1. The van der Waals surface area contributed by atoms with Crippen LogP contribution in [-0.4, -0.2) is 0 Å². The van der Waals surface area contributed by atoms with Crippen molar-refractivity contribution in [3.8, 4) is 11.5 Å². The zero-order chi connectivity index (χ0) is 14.0. The van der Waals surface area contributed by atoms with Gasteiger partial charge in [-0.1, -0.05) is 48.5 Å². The highest BCUT2D eigenvalue weighted by molar-refractivity contribution is 14.1. The average Bonchev–Trinajstić information content (AvgIpc) is 2.51. The Morgan fingerprint density at radius 3 is 1.90 bits per heavy atom.